The van der Waals surface area contributed by atoms with Crippen molar-refractivity contribution in [2.45, 2.75) is 18.9 Å². The second-order valence-corrected chi connectivity index (χ2v) is 11.1. The van der Waals surface area contributed by atoms with E-state index in [9.17, 15) is 4.79 Å². The maximum absolute atomic E-state index is 13.3. The minimum absolute atomic E-state index is 0.213. The molecule has 10 heteroatoms. The molecule has 182 valence electrons. The Morgan fingerprint density at radius 2 is 1.46 bits per heavy atom. The van der Waals surface area contributed by atoms with Crippen molar-refractivity contribution < 1.29 is 4.79 Å². The van der Waals surface area contributed by atoms with E-state index in [-0.39, 0.29) is 5.91 Å². The molecule has 1 saturated heterocycles. The molecule has 6 nitrogen and oxygen atoms in total. The van der Waals surface area contributed by atoms with Crippen molar-refractivity contribution in [1.29, 1.82) is 0 Å². The van der Waals surface area contributed by atoms with Gasteiger partial charge in [-0.25, -0.2) is 5.01 Å². The molecule has 1 atom stereocenters. The number of hydrazine groups is 1. The molecule has 0 aliphatic carbocycles. The van der Waals surface area contributed by atoms with Crippen LogP contribution in [0.1, 0.15) is 24.4 Å². The number of carbonyl (C=O) groups is 1. The number of amides is 1. The molecule has 4 rings (SSSR count). The number of anilines is 3. The summed E-state index contributed by atoms with van der Waals surface area (Å²) in [5.74, 6) is -0.213. The van der Waals surface area contributed by atoms with Crippen molar-refractivity contribution >= 4 is 88.1 Å². The first-order valence-electron chi connectivity index (χ1n) is 11.1. The number of hydrogen-bond acceptors (Lipinski definition) is 4. The van der Waals surface area contributed by atoms with E-state index >= 15 is 0 Å². The van der Waals surface area contributed by atoms with Crippen molar-refractivity contribution in [1.82, 2.24) is 10.3 Å². The zero-order valence-electron chi connectivity index (χ0n) is 18.7. The Balaban J connectivity index is 1.45. The van der Waals surface area contributed by atoms with E-state index in [4.69, 9.17) is 12.2 Å². The van der Waals surface area contributed by atoms with Gasteiger partial charge >= 0.3 is 0 Å². The highest BCUT2D eigenvalue weighted by Crippen LogP contribution is 2.34. The van der Waals surface area contributed by atoms with E-state index < -0.39 is 6.04 Å². The second kappa shape index (κ2) is 12.3. The molecule has 1 aliphatic rings. The molecule has 1 unspecified atom stereocenters. The summed E-state index contributed by atoms with van der Waals surface area (Å²) >= 11 is 16.1. The minimum atomic E-state index is -0.688. The predicted molar refractivity (Wildman–Crippen MR) is 158 cm³/mol. The lowest BCUT2D eigenvalue weighted by molar-refractivity contribution is -0.117. The number of carbonyl (C=O) groups excluding carboxylic acids is 1. The number of thiocarbonyl (C=S) groups is 1. The van der Waals surface area contributed by atoms with Gasteiger partial charge in [0.2, 0.25) is 0 Å². The van der Waals surface area contributed by atoms with Crippen molar-refractivity contribution in [2.75, 3.05) is 29.1 Å². The summed E-state index contributed by atoms with van der Waals surface area (Å²) in [7, 11) is 0. The van der Waals surface area contributed by atoms with Crippen LogP contribution in [0.5, 0.6) is 0 Å². The van der Waals surface area contributed by atoms with Gasteiger partial charge in [-0.1, -0.05) is 46.3 Å². The van der Waals surface area contributed by atoms with Gasteiger partial charge in [0.25, 0.3) is 5.91 Å². The van der Waals surface area contributed by atoms with Crippen molar-refractivity contribution in [2.24, 2.45) is 0 Å². The SMILES string of the molecule is O=C(Nc1ccc(NN2CCCC2)cc1)C(NC(=S)Nc1c(Br)cc(Br)cc1Br)c1ccccc1. The van der Waals surface area contributed by atoms with E-state index in [0.717, 1.165) is 43.4 Å². The largest absolute Gasteiger partial charge is 0.347 e. The lowest BCUT2D eigenvalue weighted by Gasteiger charge is -2.22. The molecule has 1 amide bonds. The van der Waals surface area contributed by atoms with Gasteiger partial charge in [0.15, 0.2) is 5.11 Å². The molecule has 0 radical (unpaired) electrons. The van der Waals surface area contributed by atoms with Gasteiger partial charge in [-0.15, -0.1) is 0 Å². The number of hydrogen-bond donors (Lipinski definition) is 4. The lowest BCUT2D eigenvalue weighted by atomic mass is 10.1. The van der Waals surface area contributed by atoms with Crippen LogP contribution in [0.3, 0.4) is 0 Å². The molecule has 0 aromatic heterocycles. The number of nitrogens with zero attached hydrogens (tertiary/aromatic N) is 1. The van der Waals surface area contributed by atoms with E-state index in [0.29, 0.717) is 10.8 Å². The highest BCUT2D eigenvalue weighted by atomic mass is 79.9. The smallest absolute Gasteiger partial charge is 0.251 e. The highest BCUT2D eigenvalue weighted by molar-refractivity contribution is 9.11. The average Bonchev–Trinajstić information content (AvgIpc) is 3.35. The summed E-state index contributed by atoms with van der Waals surface area (Å²) in [6.07, 6.45) is 2.42. The van der Waals surface area contributed by atoms with Gasteiger partial charge in [0.1, 0.15) is 6.04 Å². The van der Waals surface area contributed by atoms with Crippen molar-refractivity contribution in [3.8, 4) is 0 Å². The lowest BCUT2D eigenvalue weighted by Crippen LogP contribution is -2.39. The zero-order chi connectivity index (χ0) is 24.8. The monoisotopic (exact) mass is 679 g/mol. The fourth-order valence-electron chi connectivity index (χ4n) is 3.74. The Morgan fingerprint density at radius 3 is 2.09 bits per heavy atom. The molecule has 3 aromatic carbocycles. The van der Waals surface area contributed by atoms with Gasteiger partial charge in [-0.2, -0.15) is 0 Å². The molecule has 1 heterocycles. The summed E-state index contributed by atoms with van der Waals surface area (Å²) in [6.45, 7) is 2.09. The Bertz CT molecular complexity index is 1160. The Kier molecular flexibility index (Phi) is 9.18. The summed E-state index contributed by atoms with van der Waals surface area (Å²) < 4.78 is 2.57. The van der Waals surface area contributed by atoms with Gasteiger partial charge in [-0.05, 0) is 98.9 Å². The zero-order valence-corrected chi connectivity index (χ0v) is 24.2. The van der Waals surface area contributed by atoms with Crippen LogP contribution in [0.2, 0.25) is 0 Å². The van der Waals surface area contributed by atoms with Crippen LogP contribution in [-0.4, -0.2) is 29.1 Å². The topological polar surface area (TPSA) is 68.4 Å². The Morgan fingerprint density at radius 1 is 0.857 bits per heavy atom. The molecular weight excluding hydrogens is 658 g/mol. The van der Waals surface area contributed by atoms with Crippen LogP contribution in [0, 0.1) is 0 Å². The third-order valence-electron chi connectivity index (χ3n) is 5.46. The van der Waals surface area contributed by atoms with Gasteiger partial charge in [0.05, 0.1) is 5.69 Å². The average molecular weight is 682 g/mol. The molecule has 0 bridgehead atoms. The Labute approximate surface area is 235 Å². The summed E-state index contributed by atoms with van der Waals surface area (Å²) in [5, 5.41) is 11.9. The number of halogens is 3. The van der Waals surface area contributed by atoms with Gasteiger partial charge in [0, 0.05) is 37.9 Å². The van der Waals surface area contributed by atoms with Crippen LogP contribution >= 0.6 is 60.0 Å². The van der Waals surface area contributed by atoms with Crippen LogP contribution in [-0.2, 0) is 4.79 Å². The fraction of sp³-hybridized carbons (Fsp3) is 0.200. The molecule has 1 aliphatic heterocycles. The maximum atomic E-state index is 13.3. The molecule has 0 spiro atoms. The van der Waals surface area contributed by atoms with Gasteiger partial charge < -0.3 is 21.4 Å². The van der Waals surface area contributed by atoms with Crippen LogP contribution in [0.4, 0.5) is 17.1 Å². The predicted octanol–water partition coefficient (Wildman–Crippen LogP) is 7.06. The first-order chi connectivity index (χ1) is 16.9. The normalized spacial score (nSPS) is 14.3. The van der Waals surface area contributed by atoms with E-state index in [1.54, 1.807) is 0 Å². The van der Waals surface area contributed by atoms with E-state index in [2.05, 4.69) is 74.2 Å². The third-order valence-corrected chi connectivity index (χ3v) is 7.39. The number of benzene rings is 3. The van der Waals surface area contributed by atoms with Crippen molar-refractivity contribution in [3.63, 3.8) is 0 Å². The second-order valence-electron chi connectivity index (χ2n) is 8.06. The van der Waals surface area contributed by atoms with E-state index in [1.807, 2.05) is 66.7 Å². The molecule has 1 fully saturated rings. The van der Waals surface area contributed by atoms with Crippen LogP contribution < -0.4 is 21.4 Å². The summed E-state index contributed by atoms with van der Waals surface area (Å²) in [6, 6.07) is 20.4. The minimum Gasteiger partial charge on any atom is -0.347 e. The first-order valence-corrected chi connectivity index (χ1v) is 13.9. The number of nitrogens with one attached hydrogen (secondary N) is 4. The quantitative estimate of drug-likeness (QED) is 0.200. The van der Waals surface area contributed by atoms with Crippen LogP contribution in [0.15, 0.2) is 80.1 Å². The summed E-state index contributed by atoms with van der Waals surface area (Å²) in [5.41, 5.74) is 6.68. The molecule has 4 N–H and O–H groups in total. The first kappa shape index (κ1) is 26.1. The maximum Gasteiger partial charge on any atom is 0.251 e. The summed E-state index contributed by atoms with van der Waals surface area (Å²) in [4.78, 5) is 13.3. The highest BCUT2D eigenvalue weighted by Gasteiger charge is 2.22. The molecular formula is C25H24Br3N5OS. The molecule has 35 heavy (non-hydrogen) atoms. The number of rotatable bonds is 7. The fourth-order valence-corrected chi connectivity index (χ4v) is 6.42. The van der Waals surface area contributed by atoms with Gasteiger partial charge in [-0.3, -0.25) is 4.79 Å². The Hall–Kier alpha value is -1.98. The standard InChI is InChI=1S/C25H24Br3N5OS/c26-17-14-20(27)23(21(28)15-17)31-25(35)30-22(16-6-2-1-3-7-16)24(34)29-18-8-10-19(11-9-18)32-33-12-4-5-13-33/h1-3,6-11,14-15,22,32H,4-5,12-13H2,(H,29,34)(H2,30,31,35). The van der Waals surface area contributed by atoms with Crippen molar-refractivity contribution in [3.05, 3.63) is 85.7 Å². The molecule has 0 saturated carbocycles. The third kappa shape index (κ3) is 7.27. The van der Waals surface area contributed by atoms with Crippen LogP contribution in [0.25, 0.3) is 0 Å². The molecule has 3 aromatic rings. The van der Waals surface area contributed by atoms with E-state index in [1.165, 1.54) is 12.8 Å².